The second kappa shape index (κ2) is 6.00. The molecule has 1 heterocycles. The first-order valence-electron chi connectivity index (χ1n) is 8.30. The standard InChI is InChI=1S/C17H23NO.HNO3/c1-18-9-8-17-7-3-2-4-14(17)16(18)10-12-5-6-13(19)11-15(12)17;2-1(3)4/h5-6,11,14,16,19H,2-4,7-10H2,1H3;(H,2,3,4)/t14-,16+,17+;/m1./s1. The second-order valence-electron chi connectivity index (χ2n) is 7.09. The van der Waals surface area contributed by atoms with Gasteiger partial charge in [0.2, 0.25) is 0 Å². The maximum Gasteiger partial charge on any atom is 0.291 e. The SMILES string of the molecule is CN1CC[C@@]23CCCC[C@@H]2[C@@H]1Cc1ccc(O)cc13.O=[N+]([O-])O. The molecule has 126 valence electrons. The highest BCUT2D eigenvalue weighted by Crippen LogP contribution is 2.55. The van der Waals surface area contributed by atoms with Crippen LogP contribution in [0.15, 0.2) is 18.2 Å². The third kappa shape index (κ3) is 2.76. The average Bonchev–Trinajstić information content (AvgIpc) is 2.51. The minimum absolute atomic E-state index is 0.377. The fourth-order valence-corrected chi connectivity index (χ4v) is 5.18. The van der Waals surface area contributed by atoms with Crippen LogP contribution in [-0.4, -0.2) is 39.9 Å². The van der Waals surface area contributed by atoms with Crippen molar-refractivity contribution < 1.29 is 15.4 Å². The zero-order valence-electron chi connectivity index (χ0n) is 13.4. The summed E-state index contributed by atoms with van der Waals surface area (Å²) in [5, 5.41) is 23.6. The minimum Gasteiger partial charge on any atom is -0.508 e. The lowest BCUT2D eigenvalue weighted by Gasteiger charge is -2.58. The third-order valence-corrected chi connectivity index (χ3v) is 6.10. The summed E-state index contributed by atoms with van der Waals surface area (Å²) >= 11 is 0. The quantitative estimate of drug-likeness (QED) is 0.567. The molecule has 2 N–H and O–H groups in total. The van der Waals surface area contributed by atoms with Gasteiger partial charge in [-0.2, -0.15) is 0 Å². The predicted molar refractivity (Wildman–Crippen MR) is 85.3 cm³/mol. The summed E-state index contributed by atoms with van der Waals surface area (Å²) in [6, 6.07) is 6.85. The molecule has 0 unspecified atom stereocenters. The highest BCUT2D eigenvalue weighted by Gasteiger charge is 2.52. The molecule has 1 aliphatic heterocycles. The number of hydrogen-bond acceptors (Lipinski definition) is 4. The van der Waals surface area contributed by atoms with E-state index in [-0.39, 0.29) is 0 Å². The van der Waals surface area contributed by atoms with E-state index in [0.717, 1.165) is 12.0 Å². The van der Waals surface area contributed by atoms with E-state index in [4.69, 9.17) is 15.3 Å². The normalized spacial score (nSPS) is 32.0. The van der Waals surface area contributed by atoms with Crippen LogP contribution < -0.4 is 0 Å². The number of hydrogen-bond donors (Lipinski definition) is 2. The molecule has 2 aliphatic carbocycles. The second-order valence-corrected chi connectivity index (χ2v) is 7.09. The molecule has 3 aliphatic rings. The third-order valence-electron chi connectivity index (χ3n) is 6.10. The summed E-state index contributed by atoms with van der Waals surface area (Å²) in [5.41, 5.74) is 3.36. The number of likely N-dealkylation sites (tertiary alicyclic amines) is 1. The van der Waals surface area contributed by atoms with Crippen molar-refractivity contribution >= 4 is 0 Å². The number of fused-ring (bicyclic) bond motifs is 1. The lowest BCUT2D eigenvalue weighted by atomic mass is 9.52. The molecule has 1 saturated carbocycles. The number of phenolic OH excluding ortho intramolecular Hbond substituents is 1. The van der Waals surface area contributed by atoms with Crippen molar-refractivity contribution in [1.82, 2.24) is 4.90 Å². The molecule has 1 aromatic rings. The van der Waals surface area contributed by atoms with Crippen LogP contribution in [0.5, 0.6) is 5.75 Å². The Morgan fingerprint density at radius 2 is 2.09 bits per heavy atom. The van der Waals surface area contributed by atoms with Crippen molar-refractivity contribution in [2.75, 3.05) is 13.6 Å². The van der Waals surface area contributed by atoms with Crippen LogP contribution in [0, 0.1) is 16.0 Å². The fourth-order valence-electron chi connectivity index (χ4n) is 5.18. The van der Waals surface area contributed by atoms with Crippen molar-refractivity contribution in [2.24, 2.45) is 5.92 Å². The molecule has 2 fully saturated rings. The highest BCUT2D eigenvalue weighted by molar-refractivity contribution is 5.45. The van der Waals surface area contributed by atoms with Crippen LogP contribution in [0.4, 0.5) is 0 Å². The topological polar surface area (TPSA) is 86.8 Å². The molecule has 4 rings (SSSR count). The van der Waals surface area contributed by atoms with E-state index in [1.165, 1.54) is 56.2 Å². The largest absolute Gasteiger partial charge is 0.508 e. The molecule has 3 atom stereocenters. The Labute approximate surface area is 135 Å². The van der Waals surface area contributed by atoms with Crippen molar-refractivity contribution in [2.45, 2.75) is 50.0 Å². The van der Waals surface area contributed by atoms with Crippen LogP contribution in [0.25, 0.3) is 0 Å². The Morgan fingerprint density at radius 3 is 2.83 bits per heavy atom. The van der Waals surface area contributed by atoms with Gasteiger partial charge in [0.15, 0.2) is 0 Å². The monoisotopic (exact) mass is 320 g/mol. The molecule has 23 heavy (non-hydrogen) atoms. The molecular formula is C17H24N2O4. The van der Waals surface area contributed by atoms with Gasteiger partial charge in [0.1, 0.15) is 5.75 Å². The van der Waals surface area contributed by atoms with E-state index in [0.29, 0.717) is 11.2 Å². The van der Waals surface area contributed by atoms with Crippen LogP contribution in [0.2, 0.25) is 0 Å². The molecule has 6 nitrogen and oxygen atoms in total. The summed E-state index contributed by atoms with van der Waals surface area (Å²) < 4.78 is 0. The predicted octanol–water partition coefficient (Wildman–Crippen LogP) is 2.73. The minimum atomic E-state index is -1.50. The Balaban J connectivity index is 0.000000354. The van der Waals surface area contributed by atoms with E-state index < -0.39 is 5.09 Å². The summed E-state index contributed by atoms with van der Waals surface area (Å²) in [6.45, 7) is 1.22. The van der Waals surface area contributed by atoms with Crippen molar-refractivity contribution in [3.63, 3.8) is 0 Å². The number of benzene rings is 1. The molecule has 6 heteroatoms. The first-order chi connectivity index (χ1) is 10.9. The van der Waals surface area contributed by atoms with Crippen LogP contribution in [-0.2, 0) is 11.8 Å². The van der Waals surface area contributed by atoms with E-state index >= 15 is 0 Å². The number of rotatable bonds is 0. The number of piperidine rings is 1. The molecule has 1 aromatic carbocycles. The Morgan fingerprint density at radius 1 is 1.35 bits per heavy atom. The number of aromatic hydroxyl groups is 1. The average molecular weight is 320 g/mol. The van der Waals surface area contributed by atoms with Gasteiger partial charge in [0.25, 0.3) is 5.09 Å². The summed E-state index contributed by atoms with van der Waals surface area (Å²) in [7, 11) is 2.30. The Kier molecular flexibility index (Phi) is 4.19. The van der Waals surface area contributed by atoms with E-state index in [9.17, 15) is 5.11 Å². The Hall–Kier alpha value is -1.82. The molecule has 1 saturated heterocycles. The number of nitrogens with zero attached hydrogens (tertiary/aromatic N) is 2. The van der Waals surface area contributed by atoms with Gasteiger partial charge < -0.3 is 15.2 Å². The molecule has 0 spiro atoms. The zero-order chi connectivity index (χ0) is 16.6. The van der Waals surface area contributed by atoms with Gasteiger partial charge in [-0.3, -0.25) is 0 Å². The number of likely N-dealkylation sites (N-methyl/N-ethyl adjacent to an activating group) is 1. The lowest BCUT2D eigenvalue weighted by Crippen LogP contribution is -2.59. The first kappa shape index (κ1) is 16.1. The summed E-state index contributed by atoms with van der Waals surface area (Å²) in [6.07, 6.45) is 7.93. The van der Waals surface area contributed by atoms with Crippen LogP contribution in [0.3, 0.4) is 0 Å². The molecule has 0 amide bonds. The lowest BCUT2D eigenvalue weighted by molar-refractivity contribution is -0.742. The van der Waals surface area contributed by atoms with Crippen molar-refractivity contribution in [3.05, 3.63) is 39.4 Å². The van der Waals surface area contributed by atoms with Gasteiger partial charge in [0.05, 0.1) is 0 Å². The fraction of sp³-hybridized carbons (Fsp3) is 0.647. The van der Waals surface area contributed by atoms with Gasteiger partial charge in [-0.15, -0.1) is 10.1 Å². The van der Waals surface area contributed by atoms with E-state index in [1.54, 1.807) is 0 Å². The summed E-state index contributed by atoms with van der Waals surface area (Å²) in [5.74, 6) is 1.27. The van der Waals surface area contributed by atoms with Gasteiger partial charge in [-0.25, -0.2) is 0 Å². The van der Waals surface area contributed by atoms with Crippen LogP contribution in [0.1, 0.15) is 43.2 Å². The van der Waals surface area contributed by atoms with Crippen molar-refractivity contribution in [3.8, 4) is 5.75 Å². The smallest absolute Gasteiger partial charge is 0.291 e. The maximum atomic E-state index is 9.91. The van der Waals surface area contributed by atoms with Gasteiger partial charge in [-0.1, -0.05) is 18.9 Å². The van der Waals surface area contributed by atoms with Gasteiger partial charge >= 0.3 is 0 Å². The first-order valence-corrected chi connectivity index (χ1v) is 8.30. The van der Waals surface area contributed by atoms with E-state index in [2.05, 4.69) is 24.1 Å². The summed E-state index contributed by atoms with van der Waals surface area (Å²) in [4.78, 5) is 10.9. The maximum absolute atomic E-state index is 9.91. The molecule has 2 bridgehead atoms. The van der Waals surface area contributed by atoms with Gasteiger partial charge in [0, 0.05) is 11.5 Å². The molecule has 0 radical (unpaired) electrons. The van der Waals surface area contributed by atoms with E-state index in [1.807, 2.05) is 6.07 Å². The number of phenols is 1. The van der Waals surface area contributed by atoms with Crippen molar-refractivity contribution in [1.29, 1.82) is 0 Å². The van der Waals surface area contributed by atoms with Gasteiger partial charge in [-0.05, 0) is 68.5 Å². The van der Waals surface area contributed by atoms with Crippen LogP contribution >= 0.6 is 0 Å². The molecular weight excluding hydrogens is 296 g/mol. The zero-order valence-corrected chi connectivity index (χ0v) is 13.4. The highest BCUT2D eigenvalue weighted by atomic mass is 16.9. The molecule has 0 aromatic heterocycles. The Bertz CT molecular complexity index is 602.